The first-order valence-electron chi connectivity index (χ1n) is 7.38. The van der Waals surface area contributed by atoms with E-state index in [1.807, 2.05) is 22.9 Å². The summed E-state index contributed by atoms with van der Waals surface area (Å²) in [4.78, 5) is 10.1. The van der Waals surface area contributed by atoms with Gasteiger partial charge in [-0.25, -0.2) is 9.97 Å². The summed E-state index contributed by atoms with van der Waals surface area (Å²) in [6, 6.07) is 6.12. The van der Waals surface area contributed by atoms with E-state index in [1.54, 1.807) is 40.6 Å². The van der Waals surface area contributed by atoms with Crippen molar-refractivity contribution in [2.75, 3.05) is 11.9 Å². The van der Waals surface area contributed by atoms with E-state index in [9.17, 15) is 0 Å². The number of thioether (sulfide) groups is 1. The van der Waals surface area contributed by atoms with Crippen LogP contribution in [0.1, 0.15) is 10.6 Å². The highest BCUT2D eigenvalue weighted by Gasteiger charge is 2.07. The van der Waals surface area contributed by atoms with Gasteiger partial charge >= 0.3 is 0 Å². The average Bonchev–Trinajstić information content (AvgIpc) is 3.33. The maximum atomic E-state index is 4.49. The molecule has 0 saturated heterocycles. The minimum atomic E-state index is 0.723. The van der Waals surface area contributed by atoms with Crippen LogP contribution in [0.3, 0.4) is 0 Å². The summed E-state index contributed by atoms with van der Waals surface area (Å²) in [5, 5.41) is 14.7. The Hall–Kier alpha value is -1.97. The van der Waals surface area contributed by atoms with Crippen LogP contribution >= 0.6 is 34.4 Å². The van der Waals surface area contributed by atoms with Crippen molar-refractivity contribution in [3.05, 3.63) is 52.7 Å². The molecule has 0 saturated carbocycles. The molecule has 9 heteroatoms. The van der Waals surface area contributed by atoms with Crippen molar-refractivity contribution in [3.8, 4) is 0 Å². The molecule has 0 radical (unpaired) electrons. The van der Waals surface area contributed by atoms with Crippen molar-refractivity contribution in [2.45, 2.75) is 16.5 Å². The van der Waals surface area contributed by atoms with Crippen LogP contribution in [0.5, 0.6) is 0 Å². The second-order valence-electron chi connectivity index (χ2n) is 4.98. The van der Waals surface area contributed by atoms with Gasteiger partial charge in [-0.1, -0.05) is 29.2 Å². The smallest absolute Gasteiger partial charge is 0.233 e. The molecule has 0 fully saturated rings. The highest BCUT2D eigenvalue weighted by Crippen LogP contribution is 2.28. The average molecular weight is 375 g/mol. The van der Waals surface area contributed by atoms with Gasteiger partial charge in [0.2, 0.25) is 10.9 Å². The summed E-state index contributed by atoms with van der Waals surface area (Å²) in [7, 11) is 0. The number of nitrogens with one attached hydrogen (secondary N) is 1. The topological polar surface area (TPSA) is 68.0 Å². The number of imidazole rings is 1. The lowest BCUT2D eigenvalue weighted by Gasteiger charge is -1.98. The number of hydrogen-bond donors (Lipinski definition) is 1. The van der Waals surface area contributed by atoms with E-state index in [-0.39, 0.29) is 0 Å². The molecular weight excluding hydrogens is 360 g/mol. The second-order valence-corrected chi connectivity index (χ2v) is 8.21. The molecule has 0 aliphatic carbocycles. The van der Waals surface area contributed by atoms with E-state index < -0.39 is 0 Å². The van der Waals surface area contributed by atoms with Gasteiger partial charge in [-0.15, -0.1) is 21.5 Å². The number of fused-ring (bicyclic) bond motifs is 1. The fourth-order valence-corrected chi connectivity index (χ4v) is 4.54. The number of aromatic nitrogens is 5. The van der Waals surface area contributed by atoms with E-state index >= 15 is 0 Å². The number of rotatable bonds is 7. The molecule has 6 nitrogen and oxygen atoms in total. The predicted molar refractivity (Wildman–Crippen MR) is 99.0 cm³/mol. The molecule has 4 heterocycles. The monoisotopic (exact) mass is 374 g/mol. The molecule has 0 atom stereocenters. The third-order valence-corrected chi connectivity index (χ3v) is 6.25. The molecule has 0 bridgehead atoms. The first kappa shape index (κ1) is 15.6. The fraction of sp³-hybridized carbons (Fsp3) is 0.200. The Bertz CT molecular complexity index is 881. The van der Waals surface area contributed by atoms with Crippen LogP contribution in [0, 0.1) is 0 Å². The molecule has 1 N–H and O–H groups in total. The summed E-state index contributed by atoms with van der Waals surface area (Å²) in [5.41, 5.74) is 0.987. The molecule has 0 aliphatic heterocycles. The van der Waals surface area contributed by atoms with Crippen LogP contribution in [0.4, 0.5) is 5.13 Å². The summed E-state index contributed by atoms with van der Waals surface area (Å²) < 4.78 is 2.87. The number of nitrogens with zero attached hydrogens (tertiary/aromatic N) is 5. The van der Waals surface area contributed by atoms with E-state index in [0.29, 0.717) is 0 Å². The van der Waals surface area contributed by atoms with E-state index in [0.717, 1.165) is 39.7 Å². The first-order valence-corrected chi connectivity index (χ1v) is 10.1. The third kappa shape index (κ3) is 3.74. The molecule has 0 aliphatic rings. The van der Waals surface area contributed by atoms with Gasteiger partial charge in [0.15, 0.2) is 4.34 Å². The van der Waals surface area contributed by atoms with Crippen LogP contribution in [0.15, 0.2) is 46.5 Å². The molecule has 0 unspecified atom stereocenters. The minimum absolute atomic E-state index is 0.723. The predicted octanol–water partition coefficient (Wildman–Crippen LogP) is 3.59. The SMILES string of the molecule is c1csc(CCNc2nnc(SCc3cn4cccnc4n3)s2)c1. The van der Waals surface area contributed by atoms with Crippen molar-refractivity contribution in [3.63, 3.8) is 0 Å². The van der Waals surface area contributed by atoms with Crippen LogP contribution in [-0.2, 0) is 12.2 Å². The quantitative estimate of drug-likeness (QED) is 0.499. The standard InChI is InChI=1S/C15H14N6S3/c1-3-12(22-8-1)4-6-17-14-19-20-15(24-14)23-10-11-9-21-7-2-5-16-13(21)18-11/h1-3,5,7-9H,4,6,10H2,(H,17,19). The van der Waals surface area contributed by atoms with E-state index in [1.165, 1.54) is 4.88 Å². The van der Waals surface area contributed by atoms with Gasteiger partial charge in [0.25, 0.3) is 0 Å². The zero-order valence-electron chi connectivity index (χ0n) is 12.6. The van der Waals surface area contributed by atoms with Crippen molar-refractivity contribution in [1.82, 2.24) is 24.6 Å². The molecule has 0 spiro atoms. The van der Waals surface area contributed by atoms with Gasteiger partial charge < -0.3 is 5.32 Å². The van der Waals surface area contributed by atoms with Gasteiger partial charge in [-0.2, -0.15) is 0 Å². The Morgan fingerprint density at radius 2 is 2.25 bits per heavy atom. The summed E-state index contributed by atoms with van der Waals surface area (Å²) >= 11 is 5.00. The van der Waals surface area contributed by atoms with Gasteiger partial charge in [-0.3, -0.25) is 4.40 Å². The third-order valence-electron chi connectivity index (χ3n) is 3.26. The largest absolute Gasteiger partial charge is 0.360 e. The van der Waals surface area contributed by atoms with Gasteiger partial charge in [0.05, 0.1) is 5.69 Å². The van der Waals surface area contributed by atoms with Gasteiger partial charge in [0.1, 0.15) is 0 Å². The lowest BCUT2D eigenvalue weighted by molar-refractivity contribution is 0.979. The Morgan fingerprint density at radius 1 is 1.25 bits per heavy atom. The first-order chi connectivity index (χ1) is 11.9. The van der Waals surface area contributed by atoms with E-state index in [2.05, 4.69) is 43.0 Å². The summed E-state index contributed by atoms with van der Waals surface area (Å²) in [6.07, 6.45) is 6.70. The maximum absolute atomic E-state index is 4.49. The highest BCUT2D eigenvalue weighted by molar-refractivity contribution is 8.00. The molecule has 4 aromatic rings. The zero-order chi connectivity index (χ0) is 16.2. The zero-order valence-corrected chi connectivity index (χ0v) is 15.1. The maximum Gasteiger partial charge on any atom is 0.233 e. The van der Waals surface area contributed by atoms with Crippen molar-refractivity contribution in [1.29, 1.82) is 0 Å². The Balaban J connectivity index is 1.30. The minimum Gasteiger partial charge on any atom is -0.360 e. The van der Waals surface area contributed by atoms with Crippen molar-refractivity contribution >= 4 is 45.3 Å². The normalized spacial score (nSPS) is 11.2. The molecule has 4 rings (SSSR count). The Kier molecular flexibility index (Phi) is 4.72. The molecule has 122 valence electrons. The lowest BCUT2D eigenvalue weighted by Crippen LogP contribution is -2.03. The molecule has 0 aromatic carbocycles. The molecule has 0 amide bonds. The van der Waals surface area contributed by atoms with Crippen LogP contribution in [0.2, 0.25) is 0 Å². The summed E-state index contributed by atoms with van der Waals surface area (Å²) in [5.74, 6) is 1.48. The second kappa shape index (κ2) is 7.29. The van der Waals surface area contributed by atoms with Crippen molar-refractivity contribution < 1.29 is 0 Å². The van der Waals surface area contributed by atoms with Gasteiger partial charge in [-0.05, 0) is 23.9 Å². The van der Waals surface area contributed by atoms with Crippen LogP contribution in [-0.4, -0.2) is 31.1 Å². The number of hydrogen-bond acceptors (Lipinski definition) is 8. The van der Waals surface area contributed by atoms with Crippen molar-refractivity contribution in [2.24, 2.45) is 0 Å². The van der Waals surface area contributed by atoms with E-state index in [4.69, 9.17) is 0 Å². The van der Waals surface area contributed by atoms with Gasteiger partial charge in [0, 0.05) is 35.8 Å². The Labute approximate surface area is 151 Å². The molecule has 4 aromatic heterocycles. The Morgan fingerprint density at radius 3 is 3.12 bits per heavy atom. The highest BCUT2D eigenvalue weighted by atomic mass is 32.2. The molecule has 24 heavy (non-hydrogen) atoms. The lowest BCUT2D eigenvalue weighted by atomic mass is 10.3. The summed E-state index contributed by atoms with van der Waals surface area (Å²) in [6.45, 7) is 0.873. The number of thiophene rings is 1. The molecular formula is C15H14N6S3. The number of anilines is 1. The van der Waals surface area contributed by atoms with Crippen LogP contribution in [0.25, 0.3) is 5.78 Å². The van der Waals surface area contributed by atoms with Crippen LogP contribution < -0.4 is 5.32 Å². The fourth-order valence-electron chi connectivity index (χ4n) is 2.17.